The van der Waals surface area contributed by atoms with Crippen LogP contribution in [0.2, 0.25) is 0 Å². The lowest BCUT2D eigenvalue weighted by atomic mass is 9.97. The summed E-state index contributed by atoms with van der Waals surface area (Å²) in [6.45, 7) is 2.14. The van der Waals surface area contributed by atoms with Gasteiger partial charge < -0.3 is 9.32 Å². The third kappa shape index (κ3) is 5.73. The molecule has 0 amide bonds. The standard InChI is InChI=1S/C55H37NO/c1-36-49-13-6-7-16-54(49)57-55(36)45-12-8-11-41(34-45)37-21-26-46(27-22-37)56(48-30-32-53-44(35-48)20-18-40-10-3-5-15-51(40)53)47-28-23-38(24-29-47)42-25-31-52-43(33-42)19-17-39-9-2-4-14-50(39)52/h2-35H,1H3. The molecular weight excluding hydrogens is 691 g/mol. The summed E-state index contributed by atoms with van der Waals surface area (Å²) in [5.74, 6) is 0.922. The van der Waals surface area contributed by atoms with Crippen molar-refractivity contribution < 1.29 is 4.42 Å². The Morgan fingerprint density at radius 2 is 0.789 bits per heavy atom. The van der Waals surface area contributed by atoms with Crippen LogP contribution >= 0.6 is 0 Å². The first-order valence-corrected chi connectivity index (χ1v) is 19.6. The van der Waals surface area contributed by atoms with Crippen molar-refractivity contribution in [2.75, 3.05) is 4.90 Å². The molecule has 0 N–H and O–H groups in total. The average Bonchev–Trinajstić information content (AvgIpc) is 3.62. The van der Waals surface area contributed by atoms with Crippen LogP contribution in [0.15, 0.2) is 211 Å². The number of anilines is 3. The average molecular weight is 728 g/mol. The second kappa shape index (κ2) is 13.4. The number of rotatable bonds is 6. The Kier molecular flexibility index (Phi) is 7.75. The molecule has 0 aliphatic rings. The summed E-state index contributed by atoms with van der Waals surface area (Å²) in [5.41, 5.74) is 11.2. The van der Waals surface area contributed by atoms with Crippen molar-refractivity contribution in [2.45, 2.75) is 6.92 Å². The van der Waals surface area contributed by atoms with Gasteiger partial charge in [-0.05, 0) is 127 Å². The van der Waals surface area contributed by atoms with Gasteiger partial charge in [-0.25, -0.2) is 0 Å². The van der Waals surface area contributed by atoms with Crippen molar-refractivity contribution in [3.05, 3.63) is 212 Å². The normalized spacial score (nSPS) is 11.6. The molecule has 0 atom stereocenters. The molecule has 0 unspecified atom stereocenters. The fraction of sp³-hybridized carbons (Fsp3) is 0.0182. The van der Waals surface area contributed by atoms with E-state index in [2.05, 4.69) is 206 Å². The van der Waals surface area contributed by atoms with Gasteiger partial charge in [0.25, 0.3) is 0 Å². The summed E-state index contributed by atoms with van der Waals surface area (Å²) in [6.07, 6.45) is 0. The summed E-state index contributed by atoms with van der Waals surface area (Å²) in [6, 6.07) is 74.7. The van der Waals surface area contributed by atoms with Gasteiger partial charge in [0.15, 0.2) is 0 Å². The molecule has 0 bridgehead atoms. The molecule has 0 spiro atoms. The number of nitrogens with zero attached hydrogens (tertiary/aromatic N) is 1. The summed E-state index contributed by atoms with van der Waals surface area (Å²) < 4.78 is 6.34. The highest BCUT2D eigenvalue weighted by Gasteiger charge is 2.16. The minimum Gasteiger partial charge on any atom is -0.456 e. The molecule has 2 nitrogen and oxygen atoms in total. The maximum absolute atomic E-state index is 6.34. The van der Waals surface area contributed by atoms with Crippen LogP contribution < -0.4 is 4.90 Å². The fourth-order valence-corrected chi connectivity index (χ4v) is 8.68. The van der Waals surface area contributed by atoms with E-state index in [1.165, 1.54) is 54.2 Å². The van der Waals surface area contributed by atoms with Crippen molar-refractivity contribution in [3.63, 3.8) is 0 Å². The second-order valence-electron chi connectivity index (χ2n) is 15.0. The maximum atomic E-state index is 6.34. The molecule has 2 heteroatoms. The summed E-state index contributed by atoms with van der Waals surface area (Å²) in [4.78, 5) is 2.36. The highest BCUT2D eigenvalue weighted by Crippen LogP contribution is 2.40. The number of benzene rings is 10. The Labute approximate surface area is 331 Å². The van der Waals surface area contributed by atoms with Crippen LogP contribution in [0.25, 0.3) is 87.6 Å². The molecule has 10 aromatic carbocycles. The van der Waals surface area contributed by atoms with Crippen molar-refractivity contribution in [3.8, 4) is 33.6 Å². The first-order chi connectivity index (χ1) is 28.1. The van der Waals surface area contributed by atoms with Gasteiger partial charge in [0.1, 0.15) is 11.3 Å². The molecule has 1 aromatic heterocycles. The molecule has 0 radical (unpaired) electrons. The van der Waals surface area contributed by atoms with E-state index in [1.54, 1.807) is 0 Å². The SMILES string of the molecule is Cc1c(-c2cccc(-c3ccc(N(c4ccc(-c5ccc6c(ccc7ccccc76)c5)cc4)c4ccc5c(ccc6ccccc65)c4)cc3)c2)oc2ccccc12. The van der Waals surface area contributed by atoms with Gasteiger partial charge in [0.05, 0.1) is 0 Å². The lowest BCUT2D eigenvalue weighted by Gasteiger charge is -2.26. The molecule has 0 fully saturated rings. The van der Waals surface area contributed by atoms with E-state index in [-0.39, 0.29) is 0 Å². The Balaban J connectivity index is 0.977. The van der Waals surface area contributed by atoms with Crippen LogP contribution in [0.4, 0.5) is 17.1 Å². The van der Waals surface area contributed by atoms with E-state index in [0.717, 1.165) is 56.0 Å². The predicted octanol–water partition coefficient (Wildman–Crippen LogP) is 15.8. The second-order valence-corrected chi connectivity index (χ2v) is 15.0. The number of hydrogen-bond acceptors (Lipinski definition) is 2. The molecule has 0 saturated carbocycles. The van der Waals surface area contributed by atoms with Gasteiger partial charge in [0, 0.05) is 33.6 Å². The fourth-order valence-electron chi connectivity index (χ4n) is 8.68. The monoisotopic (exact) mass is 727 g/mol. The lowest BCUT2D eigenvalue weighted by Crippen LogP contribution is -2.09. The zero-order valence-electron chi connectivity index (χ0n) is 31.5. The van der Waals surface area contributed by atoms with Crippen LogP contribution in [-0.2, 0) is 0 Å². The molecule has 11 aromatic rings. The Morgan fingerprint density at radius 1 is 0.316 bits per heavy atom. The maximum Gasteiger partial charge on any atom is 0.138 e. The number of hydrogen-bond donors (Lipinski definition) is 0. The first-order valence-electron chi connectivity index (χ1n) is 19.6. The first kappa shape index (κ1) is 33.0. The number of para-hydroxylation sites is 1. The molecule has 0 saturated heterocycles. The van der Waals surface area contributed by atoms with Crippen molar-refractivity contribution in [1.29, 1.82) is 0 Å². The van der Waals surface area contributed by atoms with Crippen LogP contribution in [0.3, 0.4) is 0 Å². The predicted molar refractivity (Wildman–Crippen MR) is 242 cm³/mol. The van der Waals surface area contributed by atoms with E-state index in [1.807, 2.05) is 12.1 Å². The van der Waals surface area contributed by atoms with Crippen LogP contribution in [0, 0.1) is 6.92 Å². The topological polar surface area (TPSA) is 16.4 Å². The van der Waals surface area contributed by atoms with E-state index < -0.39 is 0 Å². The van der Waals surface area contributed by atoms with Crippen molar-refractivity contribution in [2.24, 2.45) is 0 Å². The number of aryl methyl sites for hydroxylation is 1. The van der Waals surface area contributed by atoms with Gasteiger partial charge in [-0.2, -0.15) is 0 Å². The molecule has 0 aliphatic heterocycles. The minimum absolute atomic E-state index is 0.917. The highest BCUT2D eigenvalue weighted by molar-refractivity contribution is 6.09. The smallest absolute Gasteiger partial charge is 0.138 e. The zero-order chi connectivity index (χ0) is 37.9. The van der Waals surface area contributed by atoms with E-state index in [4.69, 9.17) is 4.42 Å². The van der Waals surface area contributed by atoms with Crippen LogP contribution in [0.5, 0.6) is 0 Å². The number of fused-ring (bicyclic) bond motifs is 7. The third-order valence-corrected chi connectivity index (χ3v) is 11.6. The lowest BCUT2D eigenvalue weighted by molar-refractivity contribution is 0.629. The Hall–Kier alpha value is -7.42. The van der Waals surface area contributed by atoms with Crippen molar-refractivity contribution >= 4 is 71.1 Å². The van der Waals surface area contributed by atoms with E-state index >= 15 is 0 Å². The summed E-state index contributed by atoms with van der Waals surface area (Å²) in [5, 5.41) is 11.2. The molecule has 57 heavy (non-hydrogen) atoms. The third-order valence-electron chi connectivity index (χ3n) is 11.6. The summed E-state index contributed by atoms with van der Waals surface area (Å²) in [7, 11) is 0. The summed E-state index contributed by atoms with van der Waals surface area (Å²) >= 11 is 0. The van der Waals surface area contributed by atoms with Gasteiger partial charge in [0.2, 0.25) is 0 Å². The number of furan rings is 1. The van der Waals surface area contributed by atoms with E-state index in [0.29, 0.717) is 0 Å². The Morgan fingerprint density at radius 3 is 1.44 bits per heavy atom. The van der Waals surface area contributed by atoms with E-state index in [9.17, 15) is 0 Å². The molecule has 268 valence electrons. The van der Waals surface area contributed by atoms with Gasteiger partial charge in [-0.3, -0.25) is 0 Å². The quantitative estimate of drug-likeness (QED) is 0.159. The Bertz CT molecular complexity index is 3300. The molecular formula is C55H37NO. The highest BCUT2D eigenvalue weighted by atomic mass is 16.3. The largest absolute Gasteiger partial charge is 0.456 e. The van der Waals surface area contributed by atoms with Gasteiger partial charge >= 0.3 is 0 Å². The van der Waals surface area contributed by atoms with Crippen molar-refractivity contribution in [1.82, 2.24) is 0 Å². The van der Waals surface area contributed by atoms with Gasteiger partial charge in [-0.1, -0.05) is 152 Å². The molecule has 11 rings (SSSR count). The van der Waals surface area contributed by atoms with Crippen LogP contribution in [0.1, 0.15) is 5.56 Å². The molecule has 1 heterocycles. The van der Waals surface area contributed by atoms with Crippen LogP contribution in [-0.4, -0.2) is 0 Å². The van der Waals surface area contributed by atoms with Gasteiger partial charge in [-0.15, -0.1) is 0 Å². The minimum atomic E-state index is 0.917. The molecule has 0 aliphatic carbocycles. The zero-order valence-corrected chi connectivity index (χ0v) is 31.5.